The molecule has 4 rings (SSSR count). The third kappa shape index (κ3) is 5.29. The van der Waals surface area contributed by atoms with Gasteiger partial charge in [-0.15, -0.1) is 0 Å². The Balaban J connectivity index is 1.79. The van der Waals surface area contributed by atoms with Gasteiger partial charge in [0.05, 0.1) is 11.0 Å². The van der Waals surface area contributed by atoms with Crippen molar-refractivity contribution in [2.75, 3.05) is 0 Å². The van der Waals surface area contributed by atoms with Crippen molar-refractivity contribution in [1.82, 2.24) is 19.9 Å². The summed E-state index contributed by atoms with van der Waals surface area (Å²) in [6, 6.07) is 14.2. The first-order valence-corrected chi connectivity index (χ1v) is 11.3. The van der Waals surface area contributed by atoms with E-state index in [4.69, 9.17) is 0 Å². The van der Waals surface area contributed by atoms with Crippen LogP contribution in [0, 0.1) is 11.8 Å². The third-order valence-electron chi connectivity index (χ3n) is 5.35. The second-order valence-electron chi connectivity index (χ2n) is 9.03. The van der Waals surface area contributed by atoms with E-state index in [2.05, 4.69) is 27.1 Å². The first kappa shape index (κ1) is 23.9. The number of benzene rings is 1. The fraction of sp³-hybridized carbons (Fsp3) is 0.214. The predicted molar refractivity (Wildman–Crippen MR) is 135 cm³/mol. The molecule has 0 fully saturated rings. The van der Waals surface area contributed by atoms with Crippen LogP contribution in [0.5, 0.6) is 0 Å². The van der Waals surface area contributed by atoms with E-state index in [1.54, 1.807) is 55.1 Å². The van der Waals surface area contributed by atoms with Crippen molar-refractivity contribution in [1.29, 1.82) is 0 Å². The topological polar surface area (TPSA) is 97.1 Å². The molecule has 3 aromatic heterocycles. The number of pyridine rings is 3. The number of hydrogen-bond acceptors (Lipinski definition) is 5. The fourth-order valence-electron chi connectivity index (χ4n) is 3.61. The van der Waals surface area contributed by atoms with Crippen LogP contribution in [0.3, 0.4) is 0 Å². The monoisotopic (exact) mass is 466 g/mol. The average Bonchev–Trinajstić information content (AvgIpc) is 2.82. The van der Waals surface area contributed by atoms with Gasteiger partial charge < -0.3 is 15.0 Å². The Labute approximate surface area is 203 Å². The van der Waals surface area contributed by atoms with Crippen LogP contribution in [-0.2, 0) is 5.60 Å². The van der Waals surface area contributed by atoms with Gasteiger partial charge in [-0.3, -0.25) is 9.59 Å². The summed E-state index contributed by atoms with van der Waals surface area (Å²) in [5, 5.41) is 13.4. The van der Waals surface area contributed by atoms with Crippen LogP contribution >= 0.6 is 0 Å². The Hall–Kier alpha value is -4.28. The molecule has 0 bridgehead atoms. The molecule has 2 N–H and O–H groups in total. The average molecular weight is 467 g/mol. The van der Waals surface area contributed by atoms with Gasteiger partial charge in [0, 0.05) is 35.9 Å². The zero-order valence-electron chi connectivity index (χ0n) is 20.0. The van der Waals surface area contributed by atoms with Gasteiger partial charge in [0.25, 0.3) is 5.91 Å². The van der Waals surface area contributed by atoms with Crippen molar-refractivity contribution in [2.45, 2.75) is 39.3 Å². The second kappa shape index (κ2) is 9.53. The van der Waals surface area contributed by atoms with Crippen molar-refractivity contribution in [3.05, 3.63) is 99.7 Å². The van der Waals surface area contributed by atoms with Crippen molar-refractivity contribution in [3.63, 3.8) is 0 Å². The fourth-order valence-corrected chi connectivity index (χ4v) is 3.61. The number of amides is 1. The number of fused-ring (bicyclic) bond motifs is 1. The third-order valence-corrected chi connectivity index (χ3v) is 5.35. The minimum absolute atomic E-state index is 0.0447. The Morgan fingerprint density at radius 2 is 1.86 bits per heavy atom. The molecule has 4 aromatic rings. The minimum Gasteiger partial charge on any atom is -0.386 e. The zero-order valence-corrected chi connectivity index (χ0v) is 20.0. The van der Waals surface area contributed by atoms with Gasteiger partial charge in [0.15, 0.2) is 0 Å². The highest BCUT2D eigenvalue weighted by molar-refractivity contribution is 5.97. The molecule has 3 heterocycles. The lowest BCUT2D eigenvalue weighted by Gasteiger charge is -2.17. The number of nitrogens with one attached hydrogen (secondary N) is 1. The standard InChI is InChI=1S/C28H26N4O3/c1-18(2)31-27(34)24-17-32(26-23(25(24)33)9-6-13-30-26)22-8-5-7-19(15-22)10-11-21-16-20(12-14-29-21)28(3,4)35/h5-9,12-18,35H,1-4H3,(H,31,34). The number of aliphatic hydroxyl groups is 1. The van der Waals surface area contributed by atoms with Crippen molar-refractivity contribution in [3.8, 4) is 17.5 Å². The highest BCUT2D eigenvalue weighted by atomic mass is 16.3. The molecular formula is C28H26N4O3. The van der Waals surface area contributed by atoms with E-state index in [0.717, 1.165) is 5.56 Å². The molecule has 0 aliphatic carbocycles. The molecule has 7 heteroatoms. The van der Waals surface area contributed by atoms with Gasteiger partial charge in [-0.2, -0.15) is 0 Å². The molecule has 1 aromatic carbocycles. The van der Waals surface area contributed by atoms with Crippen LogP contribution in [0.15, 0.2) is 71.9 Å². The molecule has 176 valence electrons. The lowest BCUT2D eigenvalue weighted by Crippen LogP contribution is -2.34. The molecule has 0 spiro atoms. The molecular weight excluding hydrogens is 440 g/mol. The van der Waals surface area contributed by atoms with Crippen LogP contribution in [0.25, 0.3) is 16.7 Å². The molecule has 0 aliphatic heterocycles. The van der Waals surface area contributed by atoms with Crippen LogP contribution in [0.1, 0.15) is 54.9 Å². The molecule has 7 nitrogen and oxygen atoms in total. The number of rotatable bonds is 4. The van der Waals surface area contributed by atoms with Gasteiger partial charge >= 0.3 is 0 Å². The molecule has 0 unspecified atom stereocenters. The van der Waals surface area contributed by atoms with E-state index >= 15 is 0 Å². The summed E-state index contributed by atoms with van der Waals surface area (Å²) in [6.45, 7) is 7.10. The summed E-state index contributed by atoms with van der Waals surface area (Å²) in [7, 11) is 0. The molecule has 35 heavy (non-hydrogen) atoms. The number of hydrogen-bond donors (Lipinski definition) is 2. The van der Waals surface area contributed by atoms with Gasteiger partial charge in [-0.05, 0) is 81.6 Å². The SMILES string of the molecule is CC(C)NC(=O)c1cn(-c2cccc(C#Cc3cc(C(C)(C)O)ccn3)c2)c2ncccc2c1=O. The number of nitrogens with zero attached hydrogens (tertiary/aromatic N) is 3. The predicted octanol–water partition coefficient (Wildman–Crippen LogP) is 3.55. The maximum atomic E-state index is 13.0. The number of carbonyl (C=O) groups is 1. The lowest BCUT2D eigenvalue weighted by molar-refractivity contribution is 0.0784. The summed E-state index contributed by atoms with van der Waals surface area (Å²) in [4.78, 5) is 34.4. The highest BCUT2D eigenvalue weighted by Crippen LogP contribution is 2.20. The first-order valence-electron chi connectivity index (χ1n) is 11.3. The van der Waals surface area contributed by atoms with Crippen molar-refractivity contribution >= 4 is 16.9 Å². The van der Waals surface area contributed by atoms with E-state index in [1.165, 1.54) is 6.20 Å². The smallest absolute Gasteiger partial charge is 0.256 e. The summed E-state index contributed by atoms with van der Waals surface area (Å²) >= 11 is 0. The zero-order chi connectivity index (χ0) is 25.2. The van der Waals surface area contributed by atoms with Crippen molar-refractivity contribution < 1.29 is 9.90 Å². The van der Waals surface area contributed by atoms with Crippen molar-refractivity contribution in [2.24, 2.45) is 0 Å². The maximum absolute atomic E-state index is 13.0. The second-order valence-corrected chi connectivity index (χ2v) is 9.03. The largest absolute Gasteiger partial charge is 0.386 e. The molecule has 0 saturated carbocycles. The molecule has 0 radical (unpaired) electrons. The van der Waals surface area contributed by atoms with Crippen LogP contribution in [-0.4, -0.2) is 31.6 Å². The Morgan fingerprint density at radius 1 is 1.06 bits per heavy atom. The highest BCUT2D eigenvalue weighted by Gasteiger charge is 2.18. The van der Waals surface area contributed by atoms with E-state index in [1.807, 2.05) is 38.1 Å². The number of aromatic nitrogens is 3. The molecule has 0 saturated heterocycles. The Bertz CT molecular complexity index is 1540. The normalized spacial score (nSPS) is 11.3. The van der Waals surface area contributed by atoms with Gasteiger partial charge in [0.1, 0.15) is 16.9 Å². The molecule has 1 amide bonds. The van der Waals surface area contributed by atoms with E-state index in [0.29, 0.717) is 28.0 Å². The summed E-state index contributed by atoms with van der Waals surface area (Å²) in [5.41, 5.74) is 1.83. The summed E-state index contributed by atoms with van der Waals surface area (Å²) in [5.74, 6) is 5.71. The molecule has 0 aliphatic rings. The van der Waals surface area contributed by atoms with Gasteiger partial charge in [-0.25, -0.2) is 9.97 Å². The minimum atomic E-state index is -0.989. The Morgan fingerprint density at radius 3 is 2.60 bits per heavy atom. The van der Waals surface area contributed by atoms with E-state index in [9.17, 15) is 14.7 Å². The summed E-state index contributed by atoms with van der Waals surface area (Å²) < 4.78 is 1.73. The number of carbonyl (C=O) groups excluding carboxylic acids is 1. The van der Waals surface area contributed by atoms with Crippen LogP contribution in [0.4, 0.5) is 0 Å². The maximum Gasteiger partial charge on any atom is 0.256 e. The summed E-state index contributed by atoms with van der Waals surface area (Å²) in [6.07, 6.45) is 4.75. The van der Waals surface area contributed by atoms with Gasteiger partial charge in [-0.1, -0.05) is 12.0 Å². The van der Waals surface area contributed by atoms with Gasteiger partial charge in [0.2, 0.25) is 5.43 Å². The molecule has 0 atom stereocenters. The Kier molecular flexibility index (Phi) is 6.50. The lowest BCUT2D eigenvalue weighted by atomic mass is 9.99. The van der Waals surface area contributed by atoms with Crippen LogP contribution < -0.4 is 10.7 Å². The van der Waals surface area contributed by atoms with E-state index < -0.39 is 11.5 Å². The quantitative estimate of drug-likeness (QED) is 0.449. The first-order chi connectivity index (χ1) is 16.6. The van der Waals surface area contributed by atoms with Crippen LogP contribution in [0.2, 0.25) is 0 Å². The van der Waals surface area contributed by atoms with E-state index in [-0.39, 0.29) is 17.0 Å².